The Hall–Kier alpha value is -3.91. The van der Waals surface area contributed by atoms with Gasteiger partial charge >= 0.3 is 0 Å². The number of benzene rings is 3. The number of fused-ring (bicyclic) bond motifs is 4. The molecule has 2 saturated heterocycles. The van der Waals surface area contributed by atoms with Crippen LogP contribution in [-0.2, 0) is 10.3 Å². The first-order valence-corrected chi connectivity index (χ1v) is 12.5. The molecule has 0 radical (unpaired) electrons. The molecule has 1 amide bonds. The molecule has 3 heterocycles. The standard InChI is InChI=1S/C29H26FN3O4/c1-16-13-17(2)26-22(14-16)29(28(35)31-26)25(27(34)18-8-10-20(30)11-9-18)24(23-7-4-12-32(23)29)19-5-3-6-21(15-19)33(36)37/h3,5-6,8-11,13-15,23-25H,4,7,12H2,1-2H3,(H,31,35)/t23?,24?,25?,29-/m1/s1. The van der Waals surface area contributed by atoms with Crippen molar-refractivity contribution >= 4 is 23.1 Å². The first-order chi connectivity index (χ1) is 17.7. The molecule has 37 heavy (non-hydrogen) atoms. The molecule has 1 spiro atoms. The molecule has 0 saturated carbocycles. The lowest BCUT2D eigenvalue weighted by molar-refractivity contribution is -0.384. The van der Waals surface area contributed by atoms with Crippen LogP contribution in [0.1, 0.15) is 51.4 Å². The molecular formula is C29H26FN3O4. The zero-order valence-corrected chi connectivity index (χ0v) is 20.5. The Kier molecular flexibility index (Phi) is 5.28. The van der Waals surface area contributed by atoms with Crippen LogP contribution in [0.15, 0.2) is 60.7 Å². The minimum Gasteiger partial charge on any atom is -0.324 e. The normalized spacial score (nSPS) is 26.2. The predicted molar refractivity (Wildman–Crippen MR) is 136 cm³/mol. The fraction of sp³-hybridized carbons (Fsp3) is 0.310. The van der Waals surface area contributed by atoms with Crippen molar-refractivity contribution in [2.24, 2.45) is 5.92 Å². The van der Waals surface area contributed by atoms with Crippen LogP contribution in [0.2, 0.25) is 0 Å². The Morgan fingerprint density at radius 1 is 1.14 bits per heavy atom. The highest BCUT2D eigenvalue weighted by Crippen LogP contribution is 2.61. The van der Waals surface area contributed by atoms with Gasteiger partial charge in [-0.05, 0) is 68.6 Å². The van der Waals surface area contributed by atoms with Gasteiger partial charge in [-0.25, -0.2) is 4.39 Å². The molecule has 3 aromatic rings. The second-order valence-electron chi connectivity index (χ2n) is 10.4. The zero-order chi connectivity index (χ0) is 26.1. The summed E-state index contributed by atoms with van der Waals surface area (Å²) in [6.45, 7) is 4.54. The molecule has 6 rings (SSSR count). The summed E-state index contributed by atoms with van der Waals surface area (Å²) < 4.78 is 13.8. The van der Waals surface area contributed by atoms with Gasteiger partial charge in [-0.1, -0.05) is 29.8 Å². The molecule has 2 fully saturated rings. The summed E-state index contributed by atoms with van der Waals surface area (Å²) in [6.07, 6.45) is 1.61. The molecule has 1 N–H and O–H groups in total. The van der Waals surface area contributed by atoms with E-state index in [4.69, 9.17) is 0 Å². The predicted octanol–water partition coefficient (Wildman–Crippen LogP) is 5.26. The number of amides is 1. The average molecular weight is 500 g/mol. The summed E-state index contributed by atoms with van der Waals surface area (Å²) in [4.78, 5) is 41.9. The number of hydrogen-bond donors (Lipinski definition) is 1. The Morgan fingerprint density at radius 3 is 2.62 bits per heavy atom. The van der Waals surface area contributed by atoms with Crippen molar-refractivity contribution in [3.8, 4) is 0 Å². The number of hydrogen-bond acceptors (Lipinski definition) is 5. The molecule has 3 unspecified atom stereocenters. The molecule has 0 aliphatic carbocycles. The zero-order valence-electron chi connectivity index (χ0n) is 20.5. The van der Waals surface area contributed by atoms with E-state index in [1.165, 1.54) is 36.4 Å². The molecule has 4 atom stereocenters. The highest BCUT2D eigenvalue weighted by Gasteiger charge is 2.69. The van der Waals surface area contributed by atoms with Crippen molar-refractivity contribution in [1.82, 2.24) is 4.90 Å². The number of halogens is 1. The van der Waals surface area contributed by atoms with Crippen LogP contribution in [0.3, 0.4) is 0 Å². The minimum absolute atomic E-state index is 0.0565. The highest BCUT2D eigenvalue weighted by atomic mass is 19.1. The first kappa shape index (κ1) is 23.5. The quantitative estimate of drug-likeness (QED) is 0.300. The number of nitro benzene ring substituents is 1. The molecular weight excluding hydrogens is 473 g/mol. The maximum absolute atomic E-state index is 14.4. The van der Waals surface area contributed by atoms with Gasteiger partial charge in [-0.15, -0.1) is 0 Å². The van der Waals surface area contributed by atoms with Crippen LogP contribution < -0.4 is 5.32 Å². The number of aryl methyl sites for hydroxylation is 2. The van der Waals surface area contributed by atoms with E-state index in [1.54, 1.807) is 6.07 Å². The summed E-state index contributed by atoms with van der Waals surface area (Å²) in [5.41, 5.74) is 3.04. The summed E-state index contributed by atoms with van der Waals surface area (Å²) in [5.74, 6) is -2.29. The van der Waals surface area contributed by atoms with Gasteiger partial charge in [0.25, 0.3) is 5.69 Å². The molecule has 3 aromatic carbocycles. The number of anilines is 1. The fourth-order valence-corrected chi connectivity index (χ4v) is 7.03. The molecule has 3 aliphatic heterocycles. The van der Waals surface area contributed by atoms with Crippen molar-refractivity contribution in [1.29, 1.82) is 0 Å². The highest BCUT2D eigenvalue weighted by molar-refractivity contribution is 6.13. The van der Waals surface area contributed by atoms with E-state index >= 15 is 0 Å². The van der Waals surface area contributed by atoms with Crippen LogP contribution >= 0.6 is 0 Å². The van der Waals surface area contributed by atoms with E-state index in [9.17, 15) is 24.1 Å². The Labute approximate surface area is 213 Å². The monoisotopic (exact) mass is 499 g/mol. The molecule has 7 nitrogen and oxygen atoms in total. The van der Waals surface area contributed by atoms with Gasteiger partial charge in [-0.3, -0.25) is 24.6 Å². The number of ketones is 1. The largest absolute Gasteiger partial charge is 0.324 e. The number of carbonyl (C=O) groups excluding carboxylic acids is 2. The van der Waals surface area contributed by atoms with Crippen LogP contribution in [0.5, 0.6) is 0 Å². The maximum Gasteiger partial charge on any atom is 0.269 e. The SMILES string of the molecule is Cc1cc(C)c2c(c1)[C@]1(C(=O)N2)C(C(=O)c2ccc(F)cc2)C(c2cccc([N+](=O)[O-])c2)C2CCCN21. The fourth-order valence-electron chi connectivity index (χ4n) is 7.03. The number of rotatable bonds is 4. The lowest BCUT2D eigenvalue weighted by Gasteiger charge is -2.37. The van der Waals surface area contributed by atoms with Crippen LogP contribution in [0.25, 0.3) is 0 Å². The van der Waals surface area contributed by atoms with E-state index in [1.807, 2.05) is 32.0 Å². The second-order valence-corrected chi connectivity index (χ2v) is 10.4. The van der Waals surface area contributed by atoms with Crippen molar-refractivity contribution in [3.05, 3.63) is 104 Å². The third kappa shape index (κ3) is 3.28. The van der Waals surface area contributed by atoms with Gasteiger partial charge in [0.15, 0.2) is 5.78 Å². The van der Waals surface area contributed by atoms with E-state index in [2.05, 4.69) is 10.2 Å². The third-order valence-electron chi connectivity index (χ3n) is 8.33. The van der Waals surface area contributed by atoms with Crippen LogP contribution in [0, 0.1) is 35.7 Å². The molecule has 0 aromatic heterocycles. The van der Waals surface area contributed by atoms with E-state index in [-0.39, 0.29) is 23.4 Å². The summed E-state index contributed by atoms with van der Waals surface area (Å²) >= 11 is 0. The molecule has 188 valence electrons. The van der Waals surface area contributed by atoms with E-state index < -0.39 is 28.1 Å². The minimum atomic E-state index is -1.27. The third-order valence-corrected chi connectivity index (χ3v) is 8.33. The number of non-ortho nitro benzene ring substituents is 1. The van der Waals surface area contributed by atoms with Crippen LogP contribution in [0.4, 0.5) is 15.8 Å². The number of nitrogens with zero attached hydrogens (tertiary/aromatic N) is 2. The topological polar surface area (TPSA) is 92.5 Å². The van der Waals surface area contributed by atoms with E-state index in [0.29, 0.717) is 17.7 Å². The molecule has 8 heteroatoms. The van der Waals surface area contributed by atoms with Crippen molar-refractivity contribution in [2.75, 3.05) is 11.9 Å². The smallest absolute Gasteiger partial charge is 0.269 e. The maximum atomic E-state index is 14.4. The Bertz CT molecular complexity index is 1470. The van der Waals surface area contributed by atoms with Gasteiger partial charge in [0.1, 0.15) is 11.4 Å². The van der Waals surface area contributed by atoms with Gasteiger partial charge in [-0.2, -0.15) is 0 Å². The Balaban J connectivity index is 1.64. The molecule has 0 bridgehead atoms. The van der Waals surface area contributed by atoms with Gasteiger partial charge in [0.2, 0.25) is 5.91 Å². The number of nitrogens with one attached hydrogen (secondary N) is 1. The van der Waals surface area contributed by atoms with Crippen molar-refractivity contribution in [3.63, 3.8) is 0 Å². The Morgan fingerprint density at radius 2 is 1.89 bits per heavy atom. The summed E-state index contributed by atoms with van der Waals surface area (Å²) in [6, 6.07) is 15.6. The average Bonchev–Trinajstić information content (AvgIpc) is 3.53. The number of Topliss-reactive ketones (excluding diaryl/α,β-unsaturated/α-hetero) is 1. The summed E-state index contributed by atoms with van der Waals surface area (Å²) in [7, 11) is 0. The van der Waals surface area contributed by atoms with Crippen LogP contribution in [-0.4, -0.2) is 34.1 Å². The molecule has 3 aliphatic rings. The summed E-state index contributed by atoms with van der Waals surface area (Å²) in [5, 5.41) is 14.7. The van der Waals surface area contributed by atoms with Gasteiger partial charge in [0, 0.05) is 40.9 Å². The van der Waals surface area contributed by atoms with E-state index in [0.717, 1.165) is 35.2 Å². The van der Waals surface area contributed by atoms with Gasteiger partial charge < -0.3 is 5.32 Å². The van der Waals surface area contributed by atoms with Gasteiger partial charge in [0.05, 0.1) is 10.8 Å². The number of carbonyl (C=O) groups is 2. The lowest BCUT2D eigenvalue weighted by atomic mass is 9.68. The van der Waals surface area contributed by atoms with Crippen molar-refractivity contribution < 1.29 is 18.9 Å². The second kappa shape index (κ2) is 8.31. The number of nitro groups is 1. The lowest BCUT2D eigenvalue weighted by Crippen LogP contribution is -2.52. The first-order valence-electron chi connectivity index (χ1n) is 12.5. The van der Waals surface area contributed by atoms with Crippen molar-refractivity contribution in [2.45, 2.75) is 44.2 Å².